The van der Waals surface area contributed by atoms with E-state index in [0.717, 1.165) is 5.56 Å². The third-order valence-corrected chi connectivity index (χ3v) is 4.45. The summed E-state index contributed by atoms with van der Waals surface area (Å²) in [4.78, 5) is 24.2. The summed E-state index contributed by atoms with van der Waals surface area (Å²) in [6, 6.07) is 15.8. The highest BCUT2D eigenvalue weighted by molar-refractivity contribution is 5.87. The predicted molar refractivity (Wildman–Crippen MR) is 105 cm³/mol. The molecular weight excluding hydrogens is 342 g/mol. The molecule has 2 aromatic rings. The number of hydrogen-bond acceptors (Lipinski definition) is 3. The maximum absolute atomic E-state index is 12.6. The number of aliphatic carboxylic acids is 1. The van der Waals surface area contributed by atoms with E-state index in [4.69, 9.17) is 4.74 Å². The molecule has 0 bridgehead atoms. The Morgan fingerprint density at radius 2 is 1.63 bits per heavy atom. The molecule has 0 aliphatic heterocycles. The standard InChI is InChI=1S/C22H27NO4/c1-22(2,3)17-12-10-15(11-13-17)14-18(21(25)26)23-20(24)19(27-4)16-8-6-5-7-9-16/h5-13,18-19H,14H2,1-4H3,(H,23,24)(H,25,26)/t18-,19-/m0/s1. The van der Waals surface area contributed by atoms with Crippen LogP contribution in [0.25, 0.3) is 0 Å². The number of methoxy groups -OCH3 is 1. The van der Waals surface area contributed by atoms with Crippen molar-refractivity contribution in [3.8, 4) is 0 Å². The Morgan fingerprint density at radius 1 is 1.04 bits per heavy atom. The van der Waals surface area contributed by atoms with E-state index in [-0.39, 0.29) is 11.8 Å². The van der Waals surface area contributed by atoms with Gasteiger partial charge in [-0.1, -0.05) is 75.4 Å². The van der Waals surface area contributed by atoms with E-state index in [9.17, 15) is 14.7 Å². The number of nitrogens with one attached hydrogen (secondary N) is 1. The SMILES string of the molecule is CO[C@H](C(=O)N[C@@H](Cc1ccc(C(C)(C)C)cc1)C(=O)O)c1ccccc1. The summed E-state index contributed by atoms with van der Waals surface area (Å²) in [6.07, 6.45) is -0.646. The van der Waals surface area contributed by atoms with Gasteiger partial charge in [-0.15, -0.1) is 0 Å². The molecule has 0 spiro atoms. The zero-order valence-corrected chi connectivity index (χ0v) is 16.2. The van der Waals surface area contributed by atoms with Gasteiger partial charge in [-0.05, 0) is 22.1 Å². The van der Waals surface area contributed by atoms with E-state index in [1.807, 2.05) is 30.3 Å². The third kappa shape index (κ3) is 5.66. The molecule has 144 valence electrons. The highest BCUT2D eigenvalue weighted by Crippen LogP contribution is 2.22. The van der Waals surface area contributed by atoms with Crippen LogP contribution in [-0.2, 0) is 26.2 Å². The Labute approximate surface area is 160 Å². The molecule has 5 nitrogen and oxygen atoms in total. The van der Waals surface area contributed by atoms with Gasteiger partial charge >= 0.3 is 5.97 Å². The fourth-order valence-corrected chi connectivity index (χ4v) is 2.85. The number of hydrogen-bond donors (Lipinski definition) is 2. The summed E-state index contributed by atoms with van der Waals surface area (Å²) in [7, 11) is 1.43. The number of amides is 1. The maximum atomic E-state index is 12.6. The molecule has 0 fully saturated rings. The maximum Gasteiger partial charge on any atom is 0.326 e. The summed E-state index contributed by atoms with van der Waals surface area (Å²) in [5, 5.41) is 12.1. The first-order chi connectivity index (χ1) is 12.7. The zero-order chi connectivity index (χ0) is 20.0. The highest BCUT2D eigenvalue weighted by atomic mass is 16.5. The van der Waals surface area contributed by atoms with Crippen molar-refractivity contribution < 1.29 is 19.4 Å². The molecule has 0 aliphatic carbocycles. The molecule has 0 heterocycles. The number of carbonyl (C=O) groups is 2. The number of carboxylic acids is 1. The Bertz CT molecular complexity index is 763. The van der Waals surface area contributed by atoms with Crippen LogP contribution in [0.3, 0.4) is 0 Å². The molecule has 5 heteroatoms. The van der Waals surface area contributed by atoms with Crippen molar-refractivity contribution in [1.82, 2.24) is 5.32 Å². The van der Waals surface area contributed by atoms with Crippen LogP contribution in [0.5, 0.6) is 0 Å². The van der Waals surface area contributed by atoms with Crippen LogP contribution < -0.4 is 5.32 Å². The summed E-state index contributed by atoms with van der Waals surface area (Å²) in [5.74, 6) is -1.55. The van der Waals surface area contributed by atoms with Crippen molar-refractivity contribution in [2.45, 2.75) is 44.8 Å². The normalized spacial score (nSPS) is 13.6. The summed E-state index contributed by atoms with van der Waals surface area (Å²) in [5.41, 5.74) is 2.73. The third-order valence-electron chi connectivity index (χ3n) is 4.45. The lowest BCUT2D eigenvalue weighted by Gasteiger charge is -2.21. The average Bonchev–Trinajstić information content (AvgIpc) is 2.62. The Kier molecular flexibility index (Phi) is 6.75. The molecule has 0 saturated heterocycles. The minimum absolute atomic E-state index is 0.0281. The van der Waals surface area contributed by atoms with Gasteiger partial charge in [0.1, 0.15) is 6.04 Å². The van der Waals surface area contributed by atoms with Crippen molar-refractivity contribution in [2.75, 3.05) is 7.11 Å². The van der Waals surface area contributed by atoms with Crippen molar-refractivity contribution in [1.29, 1.82) is 0 Å². The van der Waals surface area contributed by atoms with E-state index in [1.54, 1.807) is 24.3 Å². The quantitative estimate of drug-likeness (QED) is 0.783. The molecule has 2 atom stereocenters. The fourth-order valence-electron chi connectivity index (χ4n) is 2.85. The van der Waals surface area contributed by atoms with Crippen LogP contribution in [0.2, 0.25) is 0 Å². The summed E-state index contributed by atoms with van der Waals surface area (Å²) < 4.78 is 5.28. The minimum Gasteiger partial charge on any atom is -0.480 e. The summed E-state index contributed by atoms with van der Waals surface area (Å²) in [6.45, 7) is 6.37. The number of rotatable bonds is 7. The van der Waals surface area contributed by atoms with Gasteiger partial charge < -0.3 is 15.2 Å². The second-order valence-electron chi connectivity index (χ2n) is 7.58. The first-order valence-electron chi connectivity index (χ1n) is 8.92. The molecule has 0 unspecified atom stereocenters. The largest absolute Gasteiger partial charge is 0.480 e. The second-order valence-corrected chi connectivity index (χ2v) is 7.58. The Morgan fingerprint density at radius 3 is 2.11 bits per heavy atom. The van der Waals surface area contributed by atoms with Crippen LogP contribution in [-0.4, -0.2) is 30.1 Å². The molecule has 27 heavy (non-hydrogen) atoms. The number of carbonyl (C=O) groups excluding carboxylic acids is 1. The number of carboxylic acid groups (broad SMARTS) is 1. The van der Waals surface area contributed by atoms with Gasteiger partial charge in [0.25, 0.3) is 5.91 Å². The van der Waals surface area contributed by atoms with Crippen LogP contribution in [0.15, 0.2) is 54.6 Å². The van der Waals surface area contributed by atoms with Gasteiger partial charge in [0.05, 0.1) is 0 Å². The Hall–Kier alpha value is -2.66. The molecule has 2 N–H and O–H groups in total. The molecule has 2 rings (SSSR count). The molecule has 2 aromatic carbocycles. The topological polar surface area (TPSA) is 75.6 Å². The van der Waals surface area contributed by atoms with Crippen molar-refractivity contribution in [3.63, 3.8) is 0 Å². The lowest BCUT2D eigenvalue weighted by atomic mass is 9.86. The zero-order valence-electron chi connectivity index (χ0n) is 16.2. The van der Waals surface area contributed by atoms with Crippen LogP contribution >= 0.6 is 0 Å². The first kappa shape index (κ1) is 20.6. The van der Waals surface area contributed by atoms with Gasteiger partial charge in [0.15, 0.2) is 6.10 Å². The van der Waals surface area contributed by atoms with Gasteiger partial charge in [-0.3, -0.25) is 4.79 Å². The molecule has 0 aromatic heterocycles. The van der Waals surface area contributed by atoms with Crippen LogP contribution in [0, 0.1) is 0 Å². The fraction of sp³-hybridized carbons (Fsp3) is 0.364. The van der Waals surface area contributed by atoms with E-state index in [1.165, 1.54) is 12.7 Å². The van der Waals surface area contributed by atoms with Crippen molar-refractivity contribution >= 4 is 11.9 Å². The minimum atomic E-state index is -1.08. The predicted octanol–water partition coefficient (Wildman–Crippen LogP) is 3.48. The molecule has 1 amide bonds. The second kappa shape index (κ2) is 8.82. The van der Waals surface area contributed by atoms with Gasteiger partial charge in [-0.25, -0.2) is 4.79 Å². The Balaban J connectivity index is 2.11. The van der Waals surface area contributed by atoms with Gasteiger partial charge in [-0.2, -0.15) is 0 Å². The van der Waals surface area contributed by atoms with E-state index in [2.05, 4.69) is 26.1 Å². The first-order valence-corrected chi connectivity index (χ1v) is 8.92. The van der Waals surface area contributed by atoms with Gasteiger partial charge in [0.2, 0.25) is 0 Å². The number of ether oxygens (including phenoxy) is 1. The molecule has 0 radical (unpaired) electrons. The smallest absolute Gasteiger partial charge is 0.326 e. The lowest BCUT2D eigenvalue weighted by Crippen LogP contribution is -2.44. The van der Waals surface area contributed by atoms with Crippen molar-refractivity contribution in [3.05, 3.63) is 71.3 Å². The molecular formula is C22H27NO4. The van der Waals surface area contributed by atoms with Crippen LogP contribution in [0.1, 0.15) is 43.6 Å². The van der Waals surface area contributed by atoms with E-state index < -0.39 is 24.0 Å². The number of benzene rings is 2. The summed E-state index contributed by atoms with van der Waals surface area (Å²) >= 11 is 0. The van der Waals surface area contributed by atoms with E-state index in [0.29, 0.717) is 5.56 Å². The average molecular weight is 369 g/mol. The monoisotopic (exact) mass is 369 g/mol. The lowest BCUT2D eigenvalue weighted by molar-refractivity contribution is -0.144. The van der Waals surface area contributed by atoms with Crippen LogP contribution in [0.4, 0.5) is 0 Å². The highest BCUT2D eigenvalue weighted by Gasteiger charge is 2.26. The molecule has 0 saturated carbocycles. The molecule has 0 aliphatic rings. The van der Waals surface area contributed by atoms with Crippen molar-refractivity contribution in [2.24, 2.45) is 0 Å². The van der Waals surface area contributed by atoms with E-state index >= 15 is 0 Å². The van der Waals surface area contributed by atoms with Gasteiger partial charge in [0, 0.05) is 13.5 Å².